The van der Waals surface area contributed by atoms with E-state index in [0.717, 1.165) is 36.4 Å². The van der Waals surface area contributed by atoms with Gasteiger partial charge in [0.1, 0.15) is 5.56 Å². The minimum atomic E-state index is -1.20. The van der Waals surface area contributed by atoms with Crippen molar-refractivity contribution in [1.29, 1.82) is 0 Å². The van der Waals surface area contributed by atoms with Crippen molar-refractivity contribution in [3.8, 4) is 5.88 Å². The van der Waals surface area contributed by atoms with E-state index in [1.165, 1.54) is 0 Å². The molecule has 0 bridgehead atoms. The lowest BCUT2D eigenvalue weighted by molar-refractivity contribution is 0.0699. The third-order valence-corrected chi connectivity index (χ3v) is 3.68. The summed E-state index contributed by atoms with van der Waals surface area (Å²) in [6, 6.07) is 0. The quantitative estimate of drug-likeness (QED) is 0.751. The maximum absolute atomic E-state index is 12.1. The monoisotopic (exact) mass is 263 g/mol. The van der Waals surface area contributed by atoms with Crippen LogP contribution in [0.25, 0.3) is 5.65 Å². The summed E-state index contributed by atoms with van der Waals surface area (Å²) in [5.41, 5.74) is -0.243. The van der Waals surface area contributed by atoms with E-state index in [2.05, 4.69) is 10.1 Å². The number of carboxylic acids is 1. The number of fused-ring (bicyclic) bond motifs is 1. The molecule has 19 heavy (non-hydrogen) atoms. The first kappa shape index (κ1) is 11.8. The van der Waals surface area contributed by atoms with E-state index in [1.54, 1.807) is 0 Å². The number of rotatable bonds is 2. The number of aromatic amines is 1. The molecule has 2 heterocycles. The van der Waals surface area contributed by atoms with Gasteiger partial charge in [-0.15, -0.1) is 0 Å². The Kier molecular flexibility index (Phi) is 2.55. The van der Waals surface area contributed by atoms with Crippen molar-refractivity contribution in [3.63, 3.8) is 0 Å². The molecule has 3 rings (SSSR count). The van der Waals surface area contributed by atoms with E-state index in [1.807, 2.05) is 0 Å². The number of hydrogen-bond acceptors (Lipinski definition) is 4. The second-order valence-electron chi connectivity index (χ2n) is 4.80. The van der Waals surface area contributed by atoms with Gasteiger partial charge in [0, 0.05) is 0 Å². The largest absolute Gasteiger partial charge is 0.493 e. The van der Waals surface area contributed by atoms with E-state index in [-0.39, 0.29) is 23.0 Å². The Morgan fingerprint density at radius 2 is 2.11 bits per heavy atom. The van der Waals surface area contributed by atoms with Gasteiger partial charge in [-0.25, -0.2) is 4.79 Å². The van der Waals surface area contributed by atoms with Crippen LogP contribution in [0.5, 0.6) is 5.88 Å². The lowest BCUT2D eigenvalue weighted by atomic mass is 10.00. The molecule has 0 atom stereocenters. The van der Waals surface area contributed by atoms with Crippen LogP contribution in [-0.2, 0) is 0 Å². The van der Waals surface area contributed by atoms with Crippen LogP contribution in [0.4, 0.5) is 0 Å². The first-order valence-corrected chi connectivity index (χ1v) is 6.15. The molecule has 1 saturated carbocycles. The molecule has 1 aliphatic rings. The molecule has 7 heteroatoms. The molecule has 0 unspecified atom stereocenters. The minimum absolute atomic E-state index is 0.0109. The highest BCUT2D eigenvalue weighted by atomic mass is 16.4. The van der Waals surface area contributed by atoms with Crippen LogP contribution >= 0.6 is 0 Å². The number of aromatic carboxylic acids is 1. The Balaban J connectivity index is 2.26. The maximum Gasteiger partial charge on any atom is 0.341 e. The average molecular weight is 263 g/mol. The highest BCUT2D eigenvalue weighted by molar-refractivity contribution is 5.94. The second kappa shape index (κ2) is 4.11. The normalized spacial score (nSPS) is 16.2. The zero-order valence-electron chi connectivity index (χ0n) is 10.1. The van der Waals surface area contributed by atoms with Crippen molar-refractivity contribution < 1.29 is 15.0 Å². The van der Waals surface area contributed by atoms with Crippen molar-refractivity contribution in [3.05, 3.63) is 27.7 Å². The predicted molar refractivity (Wildman–Crippen MR) is 65.6 cm³/mol. The topological polar surface area (TPSA) is 108 Å². The van der Waals surface area contributed by atoms with Crippen molar-refractivity contribution in [1.82, 2.24) is 14.6 Å². The molecule has 0 radical (unpaired) electrons. The van der Waals surface area contributed by atoms with Gasteiger partial charge in [-0.2, -0.15) is 9.61 Å². The van der Waals surface area contributed by atoms with Gasteiger partial charge in [0.2, 0.25) is 5.88 Å². The summed E-state index contributed by atoms with van der Waals surface area (Å²) >= 11 is 0. The van der Waals surface area contributed by atoms with E-state index in [4.69, 9.17) is 5.11 Å². The van der Waals surface area contributed by atoms with Crippen LogP contribution in [0.3, 0.4) is 0 Å². The summed E-state index contributed by atoms with van der Waals surface area (Å²) in [4.78, 5) is 25.6. The molecular weight excluding hydrogens is 250 g/mol. The Morgan fingerprint density at radius 3 is 2.74 bits per heavy atom. The SMILES string of the molecule is O=C(O)c1cnn2c(O)c(C3CCCC3)c(=O)[nH]c12. The summed E-state index contributed by atoms with van der Waals surface area (Å²) < 4.78 is 1.08. The number of nitrogens with one attached hydrogen (secondary N) is 1. The molecule has 0 aromatic carbocycles. The molecule has 0 spiro atoms. The minimum Gasteiger partial charge on any atom is -0.493 e. The lowest BCUT2D eigenvalue weighted by Crippen LogP contribution is -2.18. The van der Waals surface area contributed by atoms with Gasteiger partial charge in [-0.1, -0.05) is 12.8 Å². The molecule has 2 aromatic heterocycles. The third kappa shape index (κ3) is 1.69. The first-order valence-electron chi connectivity index (χ1n) is 6.15. The standard InChI is InChI=1S/C12H13N3O4/c16-10-8(6-3-1-2-4-6)11(17)15-9(14-10)7(5-13-15)12(18)19/h5-6,17H,1-4H2,(H,14,16)(H,18,19). The van der Waals surface area contributed by atoms with Gasteiger partial charge < -0.3 is 15.2 Å². The molecule has 7 nitrogen and oxygen atoms in total. The fraction of sp³-hybridized carbons (Fsp3) is 0.417. The highest BCUT2D eigenvalue weighted by Gasteiger charge is 2.26. The number of H-pyrrole nitrogens is 1. The van der Waals surface area contributed by atoms with Crippen LogP contribution in [0, 0.1) is 0 Å². The van der Waals surface area contributed by atoms with Gasteiger partial charge >= 0.3 is 5.97 Å². The zero-order valence-corrected chi connectivity index (χ0v) is 10.1. The molecule has 0 saturated heterocycles. The van der Waals surface area contributed by atoms with Crippen molar-refractivity contribution in [2.24, 2.45) is 0 Å². The average Bonchev–Trinajstić information content (AvgIpc) is 2.97. The van der Waals surface area contributed by atoms with Gasteiger partial charge in [-0.05, 0) is 18.8 Å². The van der Waals surface area contributed by atoms with E-state index < -0.39 is 11.5 Å². The summed E-state index contributed by atoms with van der Waals surface area (Å²) in [6.07, 6.45) is 4.89. The number of aromatic hydroxyl groups is 1. The maximum atomic E-state index is 12.1. The van der Waals surface area contributed by atoms with Crippen LogP contribution in [0.1, 0.15) is 47.5 Å². The molecular formula is C12H13N3O4. The van der Waals surface area contributed by atoms with Gasteiger partial charge in [0.15, 0.2) is 5.65 Å². The number of carboxylic acid groups (broad SMARTS) is 1. The smallest absolute Gasteiger partial charge is 0.341 e. The van der Waals surface area contributed by atoms with Gasteiger partial charge in [-0.3, -0.25) is 4.79 Å². The Labute approximate surface area is 107 Å². The van der Waals surface area contributed by atoms with Crippen LogP contribution < -0.4 is 5.56 Å². The van der Waals surface area contributed by atoms with Crippen LogP contribution in [0.2, 0.25) is 0 Å². The zero-order chi connectivity index (χ0) is 13.6. The van der Waals surface area contributed by atoms with Crippen molar-refractivity contribution in [2.45, 2.75) is 31.6 Å². The van der Waals surface area contributed by atoms with E-state index >= 15 is 0 Å². The molecule has 1 aliphatic carbocycles. The number of carbonyl (C=O) groups is 1. The molecule has 3 N–H and O–H groups in total. The second-order valence-corrected chi connectivity index (χ2v) is 4.80. The number of aromatic nitrogens is 3. The van der Waals surface area contributed by atoms with Gasteiger partial charge in [0.05, 0.1) is 11.8 Å². The van der Waals surface area contributed by atoms with Crippen molar-refractivity contribution >= 4 is 11.6 Å². The van der Waals surface area contributed by atoms with Crippen LogP contribution in [-0.4, -0.2) is 30.8 Å². The van der Waals surface area contributed by atoms with Crippen LogP contribution in [0.15, 0.2) is 11.0 Å². The highest BCUT2D eigenvalue weighted by Crippen LogP contribution is 2.36. The molecule has 2 aromatic rings. The molecule has 0 amide bonds. The molecule has 100 valence electrons. The Hall–Kier alpha value is -2.31. The summed E-state index contributed by atoms with van der Waals surface area (Å²) in [5, 5.41) is 23.0. The summed E-state index contributed by atoms with van der Waals surface area (Å²) in [7, 11) is 0. The predicted octanol–water partition coefficient (Wildman–Crippen LogP) is 1.08. The third-order valence-electron chi connectivity index (χ3n) is 3.68. The fourth-order valence-electron chi connectivity index (χ4n) is 2.76. The molecule has 1 fully saturated rings. The number of hydrogen-bond donors (Lipinski definition) is 3. The number of nitrogens with zero attached hydrogens (tertiary/aromatic N) is 2. The fourth-order valence-corrected chi connectivity index (χ4v) is 2.76. The Morgan fingerprint density at radius 1 is 1.42 bits per heavy atom. The first-order chi connectivity index (χ1) is 9.09. The molecule has 0 aliphatic heterocycles. The van der Waals surface area contributed by atoms with Gasteiger partial charge in [0.25, 0.3) is 5.56 Å². The van der Waals surface area contributed by atoms with E-state index in [0.29, 0.717) is 5.56 Å². The summed E-state index contributed by atoms with van der Waals surface area (Å²) in [5.74, 6) is -1.43. The van der Waals surface area contributed by atoms with E-state index in [9.17, 15) is 14.7 Å². The lowest BCUT2D eigenvalue weighted by Gasteiger charge is -2.11. The van der Waals surface area contributed by atoms with Crippen molar-refractivity contribution in [2.75, 3.05) is 0 Å². The summed E-state index contributed by atoms with van der Waals surface area (Å²) in [6.45, 7) is 0. The Bertz CT molecular complexity index is 710.